The Morgan fingerprint density at radius 2 is 2.09 bits per heavy atom. The van der Waals surface area contributed by atoms with Crippen LogP contribution in [-0.4, -0.2) is 37.4 Å². The zero-order valence-electron chi connectivity index (χ0n) is 14.0. The molecular formula is C17H25N5O. The van der Waals surface area contributed by atoms with Crippen LogP contribution >= 0.6 is 0 Å². The van der Waals surface area contributed by atoms with Gasteiger partial charge in [-0.1, -0.05) is 11.6 Å². The number of nitrogens with zero attached hydrogens (tertiary/aromatic N) is 5. The third-order valence-corrected chi connectivity index (χ3v) is 4.99. The maximum atomic E-state index is 5.40. The molecule has 0 spiro atoms. The molecular weight excluding hydrogens is 290 g/mol. The van der Waals surface area contributed by atoms with Crippen molar-refractivity contribution in [1.82, 2.24) is 24.8 Å². The molecule has 23 heavy (non-hydrogen) atoms. The number of aryl methyl sites for hydroxylation is 2. The van der Waals surface area contributed by atoms with E-state index in [0.717, 1.165) is 37.0 Å². The number of hydrogen-bond donors (Lipinski definition) is 0. The van der Waals surface area contributed by atoms with Crippen LogP contribution in [0, 0.1) is 13.8 Å². The van der Waals surface area contributed by atoms with Crippen LogP contribution in [0.4, 0.5) is 0 Å². The van der Waals surface area contributed by atoms with Crippen LogP contribution in [0.1, 0.15) is 61.1 Å². The number of piperidine rings is 1. The van der Waals surface area contributed by atoms with Gasteiger partial charge in [0.15, 0.2) is 5.82 Å². The molecule has 2 fully saturated rings. The van der Waals surface area contributed by atoms with E-state index in [4.69, 9.17) is 4.52 Å². The smallest absolute Gasteiger partial charge is 0.229 e. The minimum Gasteiger partial charge on any atom is -0.339 e. The van der Waals surface area contributed by atoms with Gasteiger partial charge in [0.2, 0.25) is 5.89 Å². The normalized spacial score (nSPS) is 22.6. The van der Waals surface area contributed by atoms with E-state index in [1.807, 2.05) is 0 Å². The second-order valence-corrected chi connectivity index (χ2v) is 7.05. The Morgan fingerprint density at radius 3 is 2.83 bits per heavy atom. The van der Waals surface area contributed by atoms with Crippen molar-refractivity contribution in [3.63, 3.8) is 0 Å². The molecule has 1 atom stereocenters. The molecule has 2 aromatic rings. The van der Waals surface area contributed by atoms with Gasteiger partial charge >= 0.3 is 0 Å². The van der Waals surface area contributed by atoms with Crippen LogP contribution in [0.2, 0.25) is 0 Å². The van der Waals surface area contributed by atoms with Gasteiger partial charge in [-0.2, -0.15) is 10.1 Å². The lowest BCUT2D eigenvalue weighted by Crippen LogP contribution is -2.42. The largest absolute Gasteiger partial charge is 0.339 e. The van der Waals surface area contributed by atoms with Crippen LogP contribution in [0.3, 0.4) is 0 Å². The molecule has 6 heteroatoms. The Balaban J connectivity index is 1.44. The van der Waals surface area contributed by atoms with Crippen molar-refractivity contribution in [2.24, 2.45) is 0 Å². The molecule has 1 aliphatic carbocycles. The molecule has 0 amide bonds. The molecule has 0 bridgehead atoms. The maximum Gasteiger partial charge on any atom is 0.229 e. The van der Waals surface area contributed by atoms with Crippen molar-refractivity contribution >= 4 is 0 Å². The van der Waals surface area contributed by atoms with Gasteiger partial charge in [-0.15, -0.1) is 0 Å². The molecule has 2 aromatic heterocycles. The minimum absolute atomic E-state index is 0.504. The lowest BCUT2D eigenvalue weighted by atomic mass is 10.0. The zero-order chi connectivity index (χ0) is 15.8. The fourth-order valence-corrected chi connectivity index (χ4v) is 3.54. The first-order chi connectivity index (χ1) is 11.2. The summed E-state index contributed by atoms with van der Waals surface area (Å²) in [6.07, 6.45) is 6.16. The van der Waals surface area contributed by atoms with Crippen molar-refractivity contribution in [3.8, 4) is 0 Å². The summed E-state index contributed by atoms with van der Waals surface area (Å²) < 4.78 is 7.54. The highest BCUT2D eigenvalue weighted by molar-refractivity contribution is 5.07. The Hall–Kier alpha value is -1.69. The molecule has 1 unspecified atom stereocenters. The predicted octanol–water partition coefficient (Wildman–Crippen LogP) is 2.82. The van der Waals surface area contributed by atoms with Crippen LogP contribution in [0.5, 0.6) is 0 Å². The van der Waals surface area contributed by atoms with Crippen molar-refractivity contribution in [1.29, 1.82) is 0 Å². The summed E-state index contributed by atoms with van der Waals surface area (Å²) in [4.78, 5) is 7.09. The van der Waals surface area contributed by atoms with Gasteiger partial charge in [-0.05, 0) is 52.1 Å². The maximum absolute atomic E-state index is 5.40. The van der Waals surface area contributed by atoms with Crippen LogP contribution in [0.25, 0.3) is 0 Å². The Labute approximate surface area is 136 Å². The average molecular weight is 315 g/mol. The van der Waals surface area contributed by atoms with E-state index in [-0.39, 0.29) is 0 Å². The van der Waals surface area contributed by atoms with E-state index >= 15 is 0 Å². The summed E-state index contributed by atoms with van der Waals surface area (Å²) in [6, 6.07) is 2.65. The Kier molecular flexibility index (Phi) is 3.93. The number of hydrogen-bond acceptors (Lipinski definition) is 5. The molecule has 1 aliphatic heterocycles. The molecule has 0 aromatic carbocycles. The first-order valence-electron chi connectivity index (χ1n) is 8.76. The highest BCUT2D eigenvalue weighted by atomic mass is 16.5. The molecule has 0 radical (unpaired) electrons. The zero-order valence-corrected chi connectivity index (χ0v) is 14.0. The summed E-state index contributed by atoms with van der Waals surface area (Å²) in [6.45, 7) is 7.04. The second kappa shape index (κ2) is 6.07. The summed E-state index contributed by atoms with van der Waals surface area (Å²) in [7, 11) is 0. The molecule has 124 valence electrons. The molecule has 6 nitrogen and oxygen atoms in total. The van der Waals surface area contributed by atoms with E-state index in [9.17, 15) is 0 Å². The van der Waals surface area contributed by atoms with E-state index < -0.39 is 0 Å². The number of rotatable bonds is 5. The lowest BCUT2D eigenvalue weighted by Gasteiger charge is -2.35. The van der Waals surface area contributed by atoms with Crippen molar-refractivity contribution < 1.29 is 4.52 Å². The molecule has 2 aliphatic rings. The monoisotopic (exact) mass is 315 g/mol. The predicted molar refractivity (Wildman–Crippen MR) is 86.0 cm³/mol. The molecule has 0 N–H and O–H groups in total. The average Bonchev–Trinajstić information content (AvgIpc) is 3.20. The molecule has 4 rings (SSSR count). The Bertz CT molecular complexity index is 672. The Morgan fingerprint density at radius 1 is 1.22 bits per heavy atom. The third kappa shape index (κ3) is 3.32. The fraction of sp³-hybridized carbons (Fsp3) is 0.706. The van der Waals surface area contributed by atoms with Crippen molar-refractivity contribution in [3.05, 3.63) is 29.2 Å². The quantitative estimate of drug-likeness (QED) is 0.849. The number of aromatic nitrogens is 4. The van der Waals surface area contributed by atoms with Crippen molar-refractivity contribution in [2.75, 3.05) is 6.54 Å². The number of likely N-dealkylation sites (tertiary alicyclic amines) is 1. The van der Waals surface area contributed by atoms with E-state index in [0.29, 0.717) is 12.0 Å². The third-order valence-electron chi connectivity index (χ3n) is 4.99. The van der Waals surface area contributed by atoms with Crippen LogP contribution in [0.15, 0.2) is 10.6 Å². The summed E-state index contributed by atoms with van der Waals surface area (Å²) in [5.74, 6) is 2.21. The first kappa shape index (κ1) is 14.9. The molecule has 3 heterocycles. The lowest BCUT2D eigenvalue weighted by molar-refractivity contribution is 0.117. The topological polar surface area (TPSA) is 60.0 Å². The highest BCUT2D eigenvalue weighted by Gasteiger charge is 2.30. The van der Waals surface area contributed by atoms with Crippen LogP contribution < -0.4 is 0 Å². The van der Waals surface area contributed by atoms with E-state index in [1.165, 1.54) is 37.8 Å². The first-order valence-corrected chi connectivity index (χ1v) is 8.76. The van der Waals surface area contributed by atoms with Gasteiger partial charge in [-0.25, -0.2) is 0 Å². The summed E-state index contributed by atoms with van der Waals surface area (Å²) >= 11 is 0. The van der Waals surface area contributed by atoms with Gasteiger partial charge in [0, 0.05) is 17.7 Å². The van der Waals surface area contributed by atoms with Gasteiger partial charge < -0.3 is 4.52 Å². The molecule has 1 saturated carbocycles. The van der Waals surface area contributed by atoms with Crippen molar-refractivity contribution in [2.45, 2.75) is 71.0 Å². The molecule has 1 saturated heterocycles. The van der Waals surface area contributed by atoms with Gasteiger partial charge in [-0.3, -0.25) is 9.58 Å². The van der Waals surface area contributed by atoms with Gasteiger partial charge in [0.25, 0.3) is 0 Å². The summed E-state index contributed by atoms with van der Waals surface area (Å²) in [5.41, 5.74) is 2.33. The standard InChI is InChI=1S/C17H25N5O/c1-12-9-13(2)22(19-12)10-15-5-3-4-8-21(15)11-16-18-17(23-20-16)14-6-7-14/h9,14-15H,3-8,10-11H2,1-2H3. The van der Waals surface area contributed by atoms with Crippen LogP contribution in [-0.2, 0) is 13.1 Å². The minimum atomic E-state index is 0.504. The second-order valence-electron chi connectivity index (χ2n) is 7.05. The van der Waals surface area contributed by atoms with E-state index in [2.05, 4.69) is 44.7 Å². The SMILES string of the molecule is Cc1cc(C)n(CC2CCCCN2Cc2noc(C3CC3)n2)n1. The summed E-state index contributed by atoms with van der Waals surface area (Å²) in [5, 5.41) is 8.81. The highest BCUT2D eigenvalue weighted by Crippen LogP contribution is 2.38. The van der Waals surface area contributed by atoms with Gasteiger partial charge in [0.1, 0.15) is 0 Å². The van der Waals surface area contributed by atoms with E-state index in [1.54, 1.807) is 0 Å². The van der Waals surface area contributed by atoms with Gasteiger partial charge in [0.05, 0.1) is 18.8 Å². The fourth-order valence-electron chi connectivity index (χ4n) is 3.54.